The number of hydrogen-bond acceptors (Lipinski definition) is 5. The molecule has 0 bridgehead atoms. The first kappa shape index (κ1) is 12.0. The maximum absolute atomic E-state index is 5.11. The smallest absolute Gasteiger partial charge is 0.275 e. The molecular weight excluding hydrogens is 204 g/mol. The van der Waals surface area contributed by atoms with Crippen molar-refractivity contribution in [2.75, 3.05) is 14.1 Å². The molecule has 0 atom stereocenters. The summed E-state index contributed by atoms with van der Waals surface area (Å²) in [6.07, 6.45) is 5.45. The summed E-state index contributed by atoms with van der Waals surface area (Å²) in [4.78, 5) is 4.22. The summed E-state index contributed by atoms with van der Waals surface area (Å²) in [5.74, 6) is 0.919. The predicted molar refractivity (Wildman–Crippen MR) is 64.2 cm³/mol. The molecule has 16 heavy (non-hydrogen) atoms. The Kier molecular flexibility index (Phi) is 4.32. The van der Waals surface area contributed by atoms with Crippen LogP contribution in [-0.2, 0) is 0 Å². The minimum absolute atomic E-state index is 0.428. The molecular formula is C11H16N4O. The van der Waals surface area contributed by atoms with Crippen LogP contribution in [0.5, 0.6) is 0 Å². The highest BCUT2D eigenvalue weighted by Gasteiger charge is 2.10. The van der Waals surface area contributed by atoms with Gasteiger partial charge in [-0.05, 0) is 6.92 Å². The van der Waals surface area contributed by atoms with E-state index in [1.165, 1.54) is 0 Å². The van der Waals surface area contributed by atoms with Crippen LogP contribution in [-0.4, -0.2) is 24.2 Å². The number of aromatic nitrogens is 2. The predicted octanol–water partition coefficient (Wildman–Crippen LogP) is 1.40. The first-order valence-corrected chi connectivity index (χ1v) is 4.94. The van der Waals surface area contributed by atoms with E-state index >= 15 is 0 Å². The minimum atomic E-state index is 0.428. The molecule has 1 rings (SSSR count). The van der Waals surface area contributed by atoms with Crippen molar-refractivity contribution in [2.45, 2.75) is 6.92 Å². The second kappa shape index (κ2) is 5.75. The van der Waals surface area contributed by atoms with Crippen LogP contribution in [0.15, 0.2) is 29.5 Å². The molecule has 1 heterocycles. The Labute approximate surface area is 94.9 Å². The van der Waals surface area contributed by atoms with Crippen molar-refractivity contribution in [2.24, 2.45) is 0 Å². The molecule has 2 N–H and O–H groups in total. The molecule has 0 aliphatic heterocycles. The second-order valence-corrected chi connectivity index (χ2v) is 3.05. The fourth-order valence-electron chi connectivity index (χ4n) is 1.12. The third kappa shape index (κ3) is 2.73. The van der Waals surface area contributed by atoms with Crippen LogP contribution in [0.1, 0.15) is 18.6 Å². The summed E-state index contributed by atoms with van der Waals surface area (Å²) in [6.45, 7) is 5.74. The maximum Gasteiger partial charge on any atom is 0.275 e. The quantitative estimate of drug-likeness (QED) is 0.734. The fraction of sp³-hybridized carbons (Fsp3) is 0.273. The molecule has 1 aromatic heterocycles. The average molecular weight is 220 g/mol. The molecule has 0 spiro atoms. The lowest BCUT2D eigenvalue weighted by atomic mass is 10.2. The van der Waals surface area contributed by atoms with Gasteiger partial charge in [0.2, 0.25) is 5.82 Å². The van der Waals surface area contributed by atoms with E-state index < -0.39 is 0 Å². The van der Waals surface area contributed by atoms with E-state index in [-0.39, 0.29) is 0 Å². The number of hydrogen-bond donors (Lipinski definition) is 2. The van der Waals surface area contributed by atoms with Gasteiger partial charge < -0.3 is 15.2 Å². The third-order valence-electron chi connectivity index (χ3n) is 1.87. The Balaban J connectivity index is 2.94. The highest BCUT2D eigenvalue weighted by Crippen LogP contribution is 2.13. The summed E-state index contributed by atoms with van der Waals surface area (Å²) in [5.41, 5.74) is 1.45. The normalized spacial score (nSPS) is 11.8. The fourth-order valence-corrected chi connectivity index (χ4v) is 1.12. The van der Waals surface area contributed by atoms with E-state index in [9.17, 15) is 0 Å². The summed E-state index contributed by atoms with van der Waals surface area (Å²) in [5, 5.41) is 9.69. The highest BCUT2D eigenvalue weighted by molar-refractivity contribution is 5.67. The van der Waals surface area contributed by atoms with Crippen molar-refractivity contribution >= 4 is 11.3 Å². The summed E-state index contributed by atoms with van der Waals surface area (Å²) < 4.78 is 5.11. The van der Waals surface area contributed by atoms with Crippen molar-refractivity contribution in [3.63, 3.8) is 0 Å². The molecule has 0 amide bonds. The summed E-state index contributed by atoms with van der Waals surface area (Å²) in [6, 6.07) is 0. The zero-order valence-corrected chi connectivity index (χ0v) is 9.74. The van der Waals surface area contributed by atoms with Gasteiger partial charge in [0, 0.05) is 25.9 Å². The lowest BCUT2D eigenvalue weighted by Crippen LogP contribution is -2.09. The average Bonchev–Trinajstić information content (AvgIpc) is 2.75. The number of allylic oxidation sites excluding steroid dienone is 3. The molecule has 1 aromatic rings. The number of nitrogens with zero attached hydrogens (tertiary/aromatic N) is 2. The van der Waals surface area contributed by atoms with Crippen molar-refractivity contribution in [3.8, 4) is 0 Å². The monoisotopic (exact) mass is 220 g/mol. The first-order chi connectivity index (χ1) is 7.72. The highest BCUT2D eigenvalue weighted by atomic mass is 16.5. The third-order valence-corrected chi connectivity index (χ3v) is 1.87. The van der Waals surface area contributed by atoms with Crippen LogP contribution in [0.3, 0.4) is 0 Å². The van der Waals surface area contributed by atoms with E-state index in [4.69, 9.17) is 4.52 Å². The van der Waals surface area contributed by atoms with Crippen molar-refractivity contribution < 1.29 is 4.52 Å². The molecule has 0 radical (unpaired) electrons. The van der Waals surface area contributed by atoms with Gasteiger partial charge in [-0.1, -0.05) is 23.9 Å². The zero-order valence-electron chi connectivity index (χ0n) is 9.74. The molecule has 0 fully saturated rings. The summed E-state index contributed by atoms with van der Waals surface area (Å²) >= 11 is 0. The van der Waals surface area contributed by atoms with Crippen molar-refractivity contribution in [1.82, 2.24) is 20.8 Å². The molecule has 0 aliphatic carbocycles. The number of nitrogens with one attached hydrogen (secondary N) is 2. The Hall–Kier alpha value is -2.04. The van der Waals surface area contributed by atoms with Crippen LogP contribution in [0.2, 0.25) is 0 Å². The van der Waals surface area contributed by atoms with E-state index in [0.29, 0.717) is 11.7 Å². The van der Waals surface area contributed by atoms with Gasteiger partial charge in [0.1, 0.15) is 5.70 Å². The lowest BCUT2D eigenvalue weighted by Gasteiger charge is -1.99. The first-order valence-electron chi connectivity index (χ1n) is 4.94. The Morgan fingerprint density at radius 2 is 2.19 bits per heavy atom. The SMILES string of the molecule is C=C(/C=C\C)c1noc(/C(=C/NC)NC)n1. The maximum atomic E-state index is 5.11. The van der Waals surface area contributed by atoms with E-state index in [2.05, 4.69) is 27.4 Å². The molecule has 5 heteroatoms. The molecule has 5 nitrogen and oxygen atoms in total. The standard InChI is InChI=1S/C11H16N4O/c1-5-6-8(2)10-14-11(16-15-10)9(13-4)7-12-3/h5-7,12-13H,2H2,1,3-4H3/b6-5-,9-7-. The number of rotatable bonds is 5. The van der Waals surface area contributed by atoms with Crippen LogP contribution < -0.4 is 10.6 Å². The van der Waals surface area contributed by atoms with Gasteiger partial charge in [-0.3, -0.25) is 0 Å². The van der Waals surface area contributed by atoms with Crippen LogP contribution in [0.25, 0.3) is 11.3 Å². The van der Waals surface area contributed by atoms with Gasteiger partial charge in [-0.15, -0.1) is 0 Å². The van der Waals surface area contributed by atoms with Gasteiger partial charge in [0.15, 0.2) is 0 Å². The lowest BCUT2D eigenvalue weighted by molar-refractivity contribution is 0.402. The van der Waals surface area contributed by atoms with Crippen molar-refractivity contribution in [1.29, 1.82) is 0 Å². The Morgan fingerprint density at radius 3 is 2.75 bits per heavy atom. The van der Waals surface area contributed by atoms with Gasteiger partial charge in [-0.2, -0.15) is 4.98 Å². The Bertz CT molecular complexity index is 417. The Morgan fingerprint density at radius 1 is 1.44 bits per heavy atom. The van der Waals surface area contributed by atoms with Gasteiger partial charge in [0.25, 0.3) is 5.89 Å². The van der Waals surface area contributed by atoms with Crippen LogP contribution >= 0.6 is 0 Å². The minimum Gasteiger partial charge on any atom is -0.392 e. The summed E-state index contributed by atoms with van der Waals surface area (Å²) in [7, 11) is 3.58. The molecule has 0 saturated heterocycles. The van der Waals surface area contributed by atoms with E-state index in [1.54, 1.807) is 20.3 Å². The molecule has 0 saturated carbocycles. The van der Waals surface area contributed by atoms with Crippen LogP contribution in [0, 0.1) is 0 Å². The zero-order chi connectivity index (χ0) is 12.0. The van der Waals surface area contributed by atoms with Gasteiger partial charge >= 0.3 is 0 Å². The molecule has 0 aliphatic rings. The van der Waals surface area contributed by atoms with E-state index in [0.717, 1.165) is 11.3 Å². The van der Waals surface area contributed by atoms with Gasteiger partial charge in [-0.25, -0.2) is 0 Å². The molecule has 0 unspecified atom stereocenters. The largest absolute Gasteiger partial charge is 0.392 e. The topological polar surface area (TPSA) is 63.0 Å². The van der Waals surface area contributed by atoms with Gasteiger partial charge in [0.05, 0.1) is 0 Å². The molecule has 0 aromatic carbocycles. The van der Waals surface area contributed by atoms with Crippen molar-refractivity contribution in [3.05, 3.63) is 36.6 Å². The second-order valence-electron chi connectivity index (χ2n) is 3.05. The molecule has 86 valence electrons. The van der Waals surface area contributed by atoms with E-state index in [1.807, 2.05) is 19.1 Å². The van der Waals surface area contributed by atoms with Crippen LogP contribution in [0.4, 0.5) is 0 Å².